The molecular weight excluding hydrogens is 298 g/mol. The van der Waals surface area contributed by atoms with Crippen LogP contribution in [0.5, 0.6) is 0 Å². The summed E-state index contributed by atoms with van der Waals surface area (Å²) in [5.74, 6) is -0.227. The lowest BCUT2D eigenvalue weighted by Crippen LogP contribution is -2.46. The van der Waals surface area contributed by atoms with Crippen LogP contribution in [-0.2, 0) is 4.74 Å². The molecule has 2 rings (SSSR count). The summed E-state index contributed by atoms with van der Waals surface area (Å²) in [6, 6.07) is 3.35. The van der Waals surface area contributed by atoms with E-state index >= 15 is 0 Å². The topological polar surface area (TPSA) is 91.8 Å². The first kappa shape index (κ1) is 17.1. The van der Waals surface area contributed by atoms with Crippen LogP contribution < -0.4 is 10.2 Å². The summed E-state index contributed by atoms with van der Waals surface area (Å²) in [5.41, 5.74) is -0.323. The van der Waals surface area contributed by atoms with Gasteiger partial charge >= 0.3 is 12.1 Å². The predicted molar refractivity (Wildman–Crippen MR) is 85.8 cm³/mol. The quantitative estimate of drug-likeness (QED) is 0.887. The van der Waals surface area contributed by atoms with Crippen LogP contribution in [0, 0.1) is 0 Å². The number of nitrogens with one attached hydrogen (secondary N) is 1. The lowest BCUT2D eigenvalue weighted by molar-refractivity contribution is 0.0496. The molecule has 0 saturated carbocycles. The van der Waals surface area contributed by atoms with Crippen LogP contribution in [0.15, 0.2) is 18.3 Å². The molecule has 7 heteroatoms. The minimum atomic E-state index is -0.982. The van der Waals surface area contributed by atoms with E-state index < -0.39 is 11.6 Å². The maximum Gasteiger partial charge on any atom is 0.407 e. The van der Waals surface area contributed by atoms with E-state index in [-0.39, 0.29) is 17.7 Å². The molecule has 126 valence electrons. The van der Waals surface area contributed by atoms with Gasteiger partial charge in [-0.1, -0.05) is 0 Å². The Hall–Kier alpha value is -2.31. The van der Waals surface area contributed by atoms with Crippen molar-refractivity contribution in [2.45, 2.75) is 45.3 Å². The Kier molecular flexibility index (Phi) is 5.08. The molecule has 1 saturated heterocycles. The fraction of sp³-hybridized carbons (Fsp3) is 0.562. The molecule has 1 aromatic heterocycles. The number of anilines is 1. The van der Waals surface area contributed by atoms with Crippen molar-refractivity contribution in [1.29, 1.82) is 0 Å². The lowest BCUT2D eigenvalue weighted by atomic mass is 10.1. The smallest absolute Gasteiger partial charge is 0.407 e. The summed E-state index contributed by atoms with van der Waals surface area (Å²) in [7, 11) is 0. The van der Waals surface area contributed by atoms with E-state index in [0.717, 1.165) is 31.7 Å². The third-order valence-electron chi connectivity index (χ3n) is 3.53. The zero-order valence-corrected chi connectivity index (χ0v) is 13.7. The Bertz CT molecular complexity index is 558. The second kappa shape index (κ2) is 6.85. The van der Waals surface area contributed by atoms with E-state index in [4.69, 9.17) is 9.84 Å². The van der Waals surface area contributed by atoms with Crippen LogP contribution >= 0.6 is 0 Å². The maximum absolute atomic E-state index is 11.8. The number of hydrogen-bond acceptors (Lipinski definition) is 5. The van der Waals surface area contributed by atoms with Crippen LogP contribution in [0.4, 0.5) is 10.6 Å². The van der Waals surface area contributed by atoms with Gasteiger partial charge in [0, 0.05) is 25.3 Å². The first-order chi connectivity index (χ1) is 10.7. The van der Waals surface area contributed by atoms with E-state index in [0.29, 0.717) is 0 Å². The van der Waals surface area contributed by atoms with Crippen molar-refractivity contribution in [2.24, 2.45) is 0 Å². The summed E-state index contributed by atoms with van der Waals surface area (Å²) >= 11 is 0. The number of pyridine rings is 1. The van der Waals surface area contributed by atoms with Gasteiger partial charge in [-0.15, -0.1) is 0 Å². The number of amides is 1. The molecule has 2 heterocycles. The number of alkyl carbamates (subject to hydrolysis) is 1. The zero-order chi connectivity index (χ0) is 17.0. The normalized spacial score (nSPS) is 16.0. The summed E-state index contributed by atoms with van der Waals surface area (Å²) in [5, 5.41) is 11.8. The van der Waals surface area contributed by atoms with Crippen LogP contribution in [0.25, 0.3) is 0 Å². The van der Waals surface area contributed by atoms with Crippen LogP contribution in [-0.4, -0.2) is 46.9 Å². The molecule has 2 N–H and O–H groups in total. The third-order valence-corrected chi connectivity index (χ3v) is 3.53. The minimum absolute atomic E-state index is 0.0828. The van der Waals surface area contributed by atoms with Crippen molar-refractivity contribution in [3.05, 3.63) is 23.9 Å². The van der Waals surface area contributed by atoms with Crippen LogP contribution in [0.1, 0.15) is 44.0 Å². The van der Waals surface area contributed by atoms with Crippen molar-refractivity contribution >= 4 is 17.9 Å². The second-order valence-electron chi connectivity index (χ2n) is 6.62. The highest BCUT2D eigenvalue weighted by atomic mass is 16.6. The average molecular weight is 321 g/mol. The Balaban J connectivity index is 1.84. The van der Waals surface area contributed by atoms with E-state index in [2.05, 4.69) is 15.2 Å². The van der Waals surface area contributed by atoms with Gasteiger partial charge in [-0.3, -0.25) is 0 Å². The number of carboxylic acids is 1. The average Bonchev–Trinajstić information content (AvgIpc) is 2.46. The standard InChI is InChI=1S/C16H23N3O4/c1-16(2,3)23-15(22)18-12-6-8-19(9-7-12)13-5-4-11(10-17-13)14(20)21/h4-5,10,12H,6-9H2,1-3H3,(H,18,22)(H,20,21). The highest BCUT2D eigenvalue weighted by Crippen LogP contribution is 2.18. The molecule has 0 bridgehead atoms. The van der Waals surface area contributed by atoms with Crippen LogP contribution in [0.2, 0.25) is 0 Å². The molecule has 23 heavy (non-hydrogen) atoms. The van der Waals surface area contributed by atoms with Gasteiger partial charge in [0.05, 0.1) is 5.56 Å². The Morgan fingerprint density at radius 3 is 2.43 bits per heavy atom. The van der Waals surface area contributed by atoms with E-state index in [1.54, 1.807) is 12.1 Å². The summed E-state index contributed by atoms with van der Waals surface area (Å²) in [6.45, 7) is 7.00. The van der Waals surface area contributed by atoms with Gasteiger partial charge in [0.25, 0.3) is 0 Å². The number of ether oxygens (including phenoxy) is 1. The van der Waals surface area contributed by atoms with Gasteiger partial charge in [-0.25, -0.2) is 14.6 Å². The monoisotopic (exact) mass is 321 g/mol. The highest BCUT2D eigenvalue weighted by molar-refractivity contribution is 5.87. The molecule has 0 spiro atoms. The number of aromatic nitrogens is 1. The number of carbonyl (C=O) groups excluding carboxylic acids is 1. The highest BCUT2D eigenvalue weighted by Gasteiger charge is 2.24. The zero-order valence-electron chi connectivity index (χ0n) is 13.7. The summed E-state index contributed by atoms with van der Waals surface area (Å²) in [4.78, 5) is 28.9. The fourth-order valence-electron chi connectivity index (χ4n) is 2.43. The van der Waals surface area contributed by atoms with Crippen molar-refractivity contribution in [3.63, 3.8) is 0 Å². The SMILES string of the molecule is CC(C)(C)OC(=O)NC1CCN(c2ccc(C(=O)O)cn2)CC1. The van der Waals surface area contributed by atoms with E-state index in [9.17, 15) is 9.59 Å². The summed E-state index contributed by atoms with van der Waals surface area (Å²) < 4.78 is 5.26. The largest absolute Gasteiger partial charge is 0.478 e. The van der Waals surface area contributed by atoms with Gasteiger partial charge < -0.3 is 20.1 Å². The molecule has 0 unspecified atom stereocenters. The molecule has 0 radical (unpaired) electrons. The molecule has 1 fully saturated rings. The van der Waals surface area contributed by atoms with Gasteiger partial charge in [0.15, 0.2) is 0 Å². The number of carboxylic acid groups (broad SMARTS) is 1. The summed E-state index contributed by atoms with van der Waals surface area (Å²) in [6.07, 6.45) is 2.56. The van der Waals surface area contributed by atoms with Crippen molar-refractivity contribution in [1.82, 2.24) is 10.3 Å². The molecule has 7 nitrogen and oxygen atoms in total. The molecule has 0 aromatic carbocycles. The Morgan fingerprint density at radius 1 is 1.30 bits per heavy atom. The molecule has 1 aliphatic rings. The first-order valence-corrected chi connectivity index (χ1v) is 7.68. The van der Waals surface area contributed by atoms with Crippen molar-refractivity contribution < 1.29 is 19.4 Å². The minimum Gasteiger partial charge on any atom is -0.478 e. The number of carbonyl (C=O) groups is 2. The predicted octanol–water partition coefficient (Wildman–Crippen LogP) is 2.27. The van der Waals surface area contributed by atoms with Gasteiger partial charge in [-0.2, -0.15) is 0 Å². The van der Waals surface area contributed by atoms with Gasteiger partial charge in [0.1, 0.15) is 11.4 Å². The van der Waals surface area contributed by atoms with Gasteiger partial charge in [-0.05, 0) is 45.7 Å². The Labute approximate surface area is 135 Å². The fourth-order valence-corrected chi connectivity index (χ4v) is 2.43. The molecule has 1 aromatic rings. The molecular formula is C16H23N3O4. The van der Waals surface area contributed by atoms with E-state index in [1.807, 2.05) is 20.8 Å². The molecule has 0 atom stereocenters. The number of nitrogens with zero attached hydrogens (tertiary/aromatic N) is 2. The van der Waals surface area contributed by atoms with Crippen molar-refractivity contribution in [3.8, 4) is 0 Å². The number of aromatic carboxylic acids is 1. The maximum atomic E-state index is 11.8. The first-order valence-electron chi connectivity index (χ1n) is 7.68. The van der Waals surface area contributed by atoms with Crippen LogP contribution in [0.3, 0.4) is 0 Å². The lowest BCUT2D eigenvalue weighted by Gasteiger charge is -2.33. The molecule has 0 aliphatic carbocycles. The van der Waals surface area contributed by atoms with E-state index in [1.165, 1.54) is 6.20 Å². The van der Waals surface area contributed by atoms with Gasteiger partial charge in [0.2, 0.25) is 0 Å². The molecule has 1 aliphatic heterocycles. The Morgan fingerprint density at radius 2 is 1.96 bits per heavy atom. The number of hydrogen-bond donors (Lipinski definition) is 2. The second-order valence-corrected chi connectivity index (χ2v) is 6.62. The third kappa shape index (κ3) is 5.12. The van der Waals surface area contributed by atoms with Crippen molar-refractivity contribution in [2.75, 3.05) is 18.0 Å². The number of rotatable bonds is 3. The molecule has 1 amide bonds. The number of piperidine rings is 1.